The van der Waals surface area contributed by atoms with Crippen LogP contribution in [-0.2, 0) is 9.49 Å². The van der Waals surface area contributed by atoms with Gasteiger partial charge in [-0.3, -0.25) is 0 Å². The third kappa shape index (κ3) is 3.24. The molecule has 0 radical (unpaired) electrons. The molecule has 128 valence electrons. The molecule has 1 unspecified atom stereocenters. The lowest BCUT2D eigenvalue weighted by atomic mass is 9.82. The summed E-state index contributed by atoms with van der Waals surface area (Å²) in [5.41, 5.74) is 4.25. The van der Waals surface area contributed by atoms with E-state index in [-0.39, 0.29) is 9.49 Å². The van der Waals surface area contributed by atoms with Crippen LogP contribution in [0.4, 0.5) is 0 Å². The second kappa shape index (κ2) is 6.74. The summed E-state index contributed by atoms with van der Waals surface area (Å²) < 4.78 is 0.0953. The molecule has 1 atom stereocenters. The van der Waals surface area contributed by atoms with E-state index in [1.165, 1.54) is 16.7 Å². The van der Waals surface area contributed by atoms with Gasteiger partial charge in [0.2, 0.25) is 0 Å². The highest BCUT2D eigenvalue weighted by molar-refractivity contribution is 8.01. The van der Waals surface area contributed by atoms with Gasteiger partial charge in [-0.15, -0.1) is 11.8 Å². The van der Waals surface area contributed by atoms with E-state index in [1.807, 2.05) is 6.07 Å². The maximum Gasteiger partial charge on any atom is 0.0669 e. The smallest absolute Gasteiger partial charge is 0.0669 e. The van der Waals surface area contributed by atoms with E-state index in [1.54, 1.807) is 0 Å². The van der Waals surface area contributed by atoms with Crippen LogP contribution in [0.1, 0.15) is 43.4 Å². The summed E-state index contributed by atoms with van der Waals surface area (Å²) >= 11 is 8.43. The average Bonchev–Trinajstić information content (AvgIpc) is 2.76. The van der Waals surface area contributed by atoms with Gasteiger partial charge < -0.3 is 4.90 Å². The molecule has 0 saturated heterocycles. The van der Waals surface area contributed by atoms with Crippen LogP contribution in [0.2, 0.25) is 5.02 Å². The fourth-order valence-electron chi connectivity index (χ4n) is 3.83. The minimum absolute atomic E-state index is 0.0129. The highest BCUT2D eigenvalue weighted by atomic mass is 35.5. The zero-order valence-electron chi connectivity index (χ0n) is 15.0. The van der Waals surface area contributed by atoms with E-state index in [9.17, 15) is 0 Å². The first kappa shape index (κ1) is 17.8. The topological polar surface area (TPSA) is 3.24 Å². The van der Waals surface area contributed by atoms with Gasteiger partial charge in [0, 0.05) is 9.77 Å². The third-order valence-electron chi connectivity index (χ3n) is 4.87. The second-order valence-corrected chi connectivity index (χ2v) is 9.76. The summed E-state index contributed by atoms with van der Waals surface area (Å²) in [6.45, 7) is 5.79. The van der Waals surface area contributed by atoms with Crippen molar-refractivity contribution in [3.63, 3.8) is 0 Å². The van der Waals surface area contributed by atoms with Crippen molar-refractivity contribution in [2.24, 2.45) is 0 Å². The summed E-state index contributed by atoms with van der Waals surface area (Å²) in [5, 5.41) is 0.822. The molecule has 0 bridgehead atoms. The van der Waals surface area contributed by atoms with Gasteiger partial charge in [0.05, 0.1) is 4.75 Å². The predicted octanol–water partition coefficient (Wildman–Crippen LogP) is 5.91. The molecule has 24 heavy (non-hydrogen) atoms. The Kier molecular flexibility index (Phi) is 5.01. The molecule has 0 saturated carbocycles. The second-order valence-electron chi connectivity index (χ2n) is 7.40. The van der Waals surface area contributed by atoms with Crippen LogP contribution in [0, 0.1) is 0 Å². The minimum atomic E-state index is -0.0129. The largest absolute Gasteiger partial charge is 0.309 e. The monoisotopic (exact) mass is 359 g/mol. The Bertz CT molecular complexity index is 725. The number of fused-ring (bicyclic) bond motifs is 1. The van der Waals surface area contributed by atoms with E-state index in [4.69, 9.17) is 11.6 Å². The van der Waals surface area contributed by atoms with E-state index in [0.717, 1.165) is 24.4 Å². The van der Waals surface area contributed by atoms with E-state index >= 15 is 0 Å². The number of hydrogen-bond donors (Lipinski definition) is 0. The van der Waals surface area contributed by atoms with Gasteiger partial charge in [0.25, 0.3) is 0 Å². The Morgan fingerprint density at radius 1 is 1.00 bits per heavy atom. The SMILES string of the molecule is CN(C)CCCC1(c2cccc(Cl)c2)SC(C)(C)c2ccccc21. The fourth-order valence-corrected chi connectivity index (χ4v) is 5.96. The number of hydrogen-bond acceptors (Lipinski definition) is 2. The quantitative estimate of drug-likeness (QED) is 0.653. The molecule has 2 aromatic rings. The van der Waals surface area contributed by atoms with Crippen LogP contribution in [0.25, 0.3) is 0 Å². The summed E-state index contributed by atoms with van der Waals surface area (Å²) in [7, 11) is 4.29. The molecule has 0 fully saturated rings. The van der Waals surface area contributed by atoms with Crippen molar-refractivity contribution in [3.8, 4) is 0 Å². The number of thioether (sulfide) groups is 1. The van der Waals surface area contributed by atoms with Crippen molar-refractivity contribution in [1.82, 2.24) is 4.90 Å². The number of nitrogens with zero attached hydrogens (tertiary/aromatic N) is 1. The lowest BCUT2D eigenvalue weighted by Crippen LogP contribution is -2.24. The van der Waals surface area contributed by atoms with Crippen molar-refractivity contribution in [2.45, 2.75) is 36.2 Å². The van der Waals surface area contributed by atoms with E-state index < -0.39 is 0 Å². The minimum Gasteiger partial charge on any atom is -0.309 e. The lowest BCUT2D eigenvalue weighted by Gasteiger charge is -2.33. The van der Waals surface area contributed by atoms with Crippen LogP contribution < -0.4 is 0 Å². The average molecular weight is 360 g/mol. The van der Waals surface area contributed by atoms with E-state index in [0.29, 0.717) is 0 Å². The number of rotatable bonds is 5. The van der Waals surface area contributed by atoms with Crippen molar-refractivity contribution < 1.29 is 0 Å². The maximum absolute atomic E-state index is 6.35. The Morgan fingerprint density at radius 2 is 1.71 bits per heavy atom. The molecular weight excluding hydrogens is 334 g/mol. The third-order valence-corrected chi connectivity index (χ3v) is 6.84. The van der Waals surface area contributed by atoms with Crippen molar-refractivity contribution in [2.75, 3.05) is 20.6 Å². The van der Waals surface area contributed by atoms with Gasteiger partial charge in [-0.1, -0.05) is 48.0 Å². The van der Waals surface area contributed by atoms with Crippen molar-refractivity contribution in [1.29, 1.82) is 0 Å². The van der Waals surface area contributed by atoms with Crippen LogP contribution in [-0.4, -0.2) is 25.5 Å². The molecule has 1 nitrogen and oxygen atoms in total. The molecular formula is C21H26ClNS. The van der Waals surface area contributed by atoms with Crippen LogP contribution in [0.5, 0.6) is 0 Å². The molecule has 0 spiro atoms. The molecule has 3 rings (SSSR count). The Balaban J connectivity index is 2.10. The first-order chi connectivity index (χ1) is 11.3. The van der Waals surface area contributed by atoms with Crippen LogP contribution in [0.3, 0.4) is 0 Å². The van der Waals surface area contributed by atoms with Gasteiger partial charge in [0.15, 0.2) is 0 Å². The number of halogens is 1. The molecule has 0 amide bonds. The van der Waals surface area contributed by atoms with E-state index in [2.05, 4.69) is 87.1 Å². The maximum atomic E-state index is 6.35. The first-order valence-electron chi connectivity index (χ1n) is 8.56. The zero-order chi connectivity index (χ0) is 17.4. The molecule has 1 aliphatic rings. The molecule has 1 aliphatic heterocycles. The Labute approximate surface area is 155 Å². The molecule has 0 aliphatic carbocycles. The Morgan fingerprint density at radius 3 is 2.38 bits per heavy atom. The van der Waals surface area contributed by atoms with Gasteiger partial charge in [-0.05, 0) is 76.2 Å². The van der Waals surface area contributed by atoms with Crippen LogP contribution >= 0.6 is 23.4 Å². The predicted molar refractivity (Wildman–Crippen MR) is 107 cm³/mol. The number of benzene rings is 2. The zero-order valence-corrected chi connectivity index (χ0v) is 16.5. The molecule has 0 N–H and O–H groups in total. The Hall–Kier alpha value is -0.960. The standard InChI is InChI=1S/C21H26ClNS/c1-20(2)18-11-5-6-12-19(18)21(24-20,13-8-14-23(3)4)16-9-7-10-17(22)15-16/h5-7,9-12,15H,8,13-14H2,1-4H3. The highest BCUT2D eigenvalue weighted by Crippen LogP contribution is 2.62. The molecule has 0 aromatic heterocycles. The summed E-state index contributed by atoms with van der Waals surface area (Å²) in [4.78, 5) is 2.27. The molecule has 3 heteroatoms. The molecule has 1 heterocycles. The highest BCUT2D eigenvalue weighted by Gasteiger charge is 2.48. The molecule has 2 aromatic carbocycles. The fraction of sp³-hybridized carbons (Fsp3) is 0.429. The van der Waals surface area contributed by atoms with Gasteiger partial charge in [0.1, 0.15) is 0 Å². The van der Waals surface area contributed by atoms with Gasteiger partial charge in [-0.25, -0.2) is 0 Å². The van der Waals surface area contributed by atoms with Crippen molar-refractivity contribution in [3.05, 3.63) is 70.2 Å². The lowest BCUT2D eigenvalue weighted by molar-refractivity contribution is 0.386. The summed E-state index contributed by atoms with van der Waals surface area (Å²) in [5.74, 6) is 0. The van der Waals surface area contributed by atoms with Gasteiger partial charge in [-0.2, -0.15) is 0 Å². The first-order valence-corrected chi connectivity index (χ1v) is 9.75. The van der Waals surface area contributed by atoms with Crippen LogP contribution in [0.15, 0.2) is 48.5 Å². The summed E-state index contributed by atoms with van der Waals surface area (Å²) in [6, 6.07) is 17.4. The van der Waals surface area contributed by atoms with Crippen molar-refractivity contribution >= 4 is 23.4 Å². The normalized spacial score (nSPS) is 21.9. The summed E-state index contributed by atoms with van der Waals surface area (Å²) in [6.07, 6.45) is 2.29. The van der Waals surface area contributed by atoms with Gasteiger partial charge >= 0.3 is 0 Å².